The van der Waals surface area contributed by atoms with Crippen molar-refractivity contribution in [3.05, 3.63) is 96.1 Å². The lowest BCUT2D eigenvalue weighted by Crippen LogP contribution is -2.67. The summed E-state index contributed by atoms with van der Waals surface area (Å²) in [6.07, 6.45) is 2.00. The largest absolute Gasteiger partial charge is 0.480 e. The van der Waals surface area contributed by atoms with E-state index in [1.807, 2.05) is 83.8 Å². The summed E-state index contributed by atoms with van der Waals surface area (Å²) in [5, 5.41) is 10.4. The van der Waals surface area contributed by atoms with E-state index in [1.165, 1.54) is 10.5 Å². The highest BCUT2D eigenvalue weighted by Gasteiger charge is 2.54. The van der Waals surface area contributed by atoms with Gasteiger partial charge >= 0.3 is 18.0 Å². The molecule has 3 aromatic carbocycles. The number of benzene rings is 3. The fourth-order valence-corrected chi connectivity index (χ4v) is 6.22. The van der Waals surface area contributed by atoms with E-state index in [0.29, 0.717) is 37.3 Å². The Kier molecular flexibility index (Phi) is 6.23. The predicted octanol–water partition coefficient (Wildman–Crippen LogP) is 4.72. The van der Waals surface area contributed by atoms with Crippen LogP contribution in [0.5, 0.6) is 0 Å². The molecule has 6 rings (SSSR count). The minimum atomic E-state index is -1.13. The van der Waals surface area contributed by atoms with Crippen molar-refractivity contribution < 1.29 is 19.5 Å². The number of anilines is 2. The van der Waals surface area contributed by atoms with Crippen LogP contribution >= 0.6 is 0 Å². The van der Waals surface area contributed by atoms with Gasteiger partial charge in [0.15, 0.2) is 6.04 Å². The minimum absolute atomic E-state index is 0.131. The first-order chi connectivity index (χ1) is 18.5. The van der Waals surface area contributed by atoms with Crippen molar-refractivity contribution in [2.45, 2.75) is 43.9 Å². The molecule has 0 spiro atoms. The van der Waals surface area contributed by atoms with Crippen molar-refractivity contribution in [2.24, 2.45) is 0 Å². The van der Waals surface area contributed by atoms with Crippen molar-refractivity contribution in [1.29, 1.82) is 0 Å². The summed E-state index contributed by atoms with van der Waals surface area (Å²) in [6.45, 7) is 1.29. The second kappa shape index (κ2) is 9.85. The highest BCUT2D eigenvalue weighted by Crippen LogP contribution is 2.38. The Labute approximate surface area is 221 Å². The fourth-order valence-electron chi connectivity index (χ4n) is 6.22. The van der Waals surface area contributed by atoms with Gasteiger partial charge in [0.05, 0.1) is 23.5 Å². The third-order valence-electron chi connectivity index (χ3n) is 7.99. The second-order valence-electron chi connectivity index (χ2n) is 10.2. The average Bonchev–Trinajstić information content (AvgIpc) is 3.25. The number of hydrogen-bond acceptors (Lipinski definition) is 3. The van der Waals surface area contributed by atoms with Crippen LogP contribution in [0.3, 0.4) is 0 Å². The molecule has 3 aliphatic heterocycles. The van der Waals surface area contributed by atoms with E-state index in [0.717, 1.165) is 12.0 Å². The number of carbonyl (C=O) groups is 3. The van der Waals surface area contributed by atoms with E-state index in [4.69, 9.17) is 0 Å². The average molecular weight is 511 g/mol. The topological polar surface area (TPSA) is 84.4 Å². The molecule has 4 amide bonds. The van der Waals surface area contributed by atoms with Gasteiger partial charge in [-0.15, -0.1) is 0 Å². The summed E-state index contributed by atoms with van der Waals surface area (Å²) in [5.74, 6) is -1.09. The molecule has 3 heterocycles. The lowest BCUT2D eigenvalue weighted by atomic mass is 9.99. The number of fused-ring (bicyclic) bond motifs is 3. The molecule has 0 aliphatic carbocycles. The zero-order valence-corrected chi connectivity index (χ0v) is 21.0. The molecule has 3 aliphatic rings. The van der Waals surface area contributed by atoms with Crippen molar-refractivity contribution in [3.8, 4) is 0 Å². The molecule has 38 heavy (non-hydrogen) atoms. The summed E-state index contributed by atoms with van der Waals surface area (Å²) >= 11 is 0. The molecule has 2 bridgehead atoms. The van der Waals surface area contributed by atoms with Gasteiger partial charge in [-0.05, 0) is 54.7 Å². The third-order valence-corrected chi connectivity index (χ3v) is 7.99. The van der Waals surface area contributed by atoms with Gasteiger partial charge in [-0.2, -0.15) is 0 Å². The maximum atomic E-state index is 14.1. The maximum absolute atomic E-state index is 14.1. The van der Waals surface area contributed by atoms with Crippen LogP contribution in [0, 0.1) is 0 Å². The molecule has 3 atom stereocenters. The van der Waals surface area contributed by atoms with E-state index in [-0.39, 0.29) is 18.6 Å². The molecule has 194 valence electrons. The highest BCUT2D eigenvalue weighted by atomic mass is 16.4. The molecule has 2 saturated heterocycles. The van der Waals surface area contributed by atoms with Crippen molar-refractivity contribution in [2.75, 3.05) is 18.0 Å². The molecule has 0 unspecified atom stereocenters. The van der Waals surface area contributed by atoms with Gasteiger partial charge in [0, 0.05) is 19.6 Å². The number of likely N-dealkylation sites (tertiary alicyclic amines) is 1. The number of rotatable bonds is 3. The predicted molar refractivity (Wildman–Crippen MR) is 143 cm³/mol. The number of carbonyl (C=O) groups excluding carboxylic acids is 2. The van der Waals surface area contributed by atoms with Gasteiger partial charge in [-0.1, -0.05) is 60.7 Å². The number of urea groups is 2. The Bertz CT molecular complexity index is 1310. The number of amides is 4. The van der Waals surface area contributed by atoms with E-state index < -0.39 is 24.1 Å². The van der Waals surface area contributed by atoms with Crippen LogP contribution in [0.25, 0.3) is 0 Å². The fraction of sp³-hybridized carbons (Fsp3) is 0.300. The van der Waals surface area contributed by atoms with E-state index >= 15 is 0 Å². The Morgan fingerprint density at radius 1 is 0.789 bits per heavy atom. The molecular formula is C30H30N4O4. The van der Waals surface area contributed by atoms with Crippen LogP contribution in [-0.2, 0) is 17.8 Å². The number of nitrogens with zero attached hydrogens (tertiary/aromatic N) is 4. The maximum Gasteiger partial charge on any atom is 0.329 e. The smallest absolute Gasteiger partial charge is 0.329 e. The first-order valence-corrected chi connectivity index (χ1v) is 13.1. The van der Waals surface area contributed by atoms with Crippen LogP contribution in [-0.4, -0.2) is 69.1 Å². The SMILES string of the molecule is O=C(O)[C@@H]1[C@H]2CC[C@@H](CN1C(=O)N(c1ccccc1)c1ccccc1)N2C(=O)N1CCc2ccccc2C1. The summed E-state index contributed by atoms with van der Waals surface area (Å²) in [6, 6.07) is 24.2. The van der Waals surface area contributed by atoms with E-state index in [9.17, 15) is 19.5 Å². The number of piperazine rings is 1. The molecule has 3 aromatic rings. The number of aliphatic carboxylic acids is 1. The van der Waals surface area contributed by atoms with Crippen molar-refractivity contribution in [3.63, 3.8) is 0 Å². The van der Waals surface area contributed by atoms with Crippen LogP contribution in [0.1, 0.15) is 24.0 Å². The lowest BCUT2D eigenvalue weighted by Gasteiger charge is -2.47. The van der Waals surface area contributed by atoms with Crippen molar-refractivity contribution in [1.82, 2.24) is 14.7 Å². The van der Waals surface area contributed by atoms with Crippen LogP contribution < -0.4 is 4.90 Å². The summed E-state index contributed by atoms with van der Waals surface area (Å²) in [7, 11) is 0. The zero-order valence-electron chi connectivity index (χ0n) is 21.0. The minimum Gasteiger partial charge on any atom is -0.480 e. The molecule has 0 saturated carbocycles. The van der Waals surface area contributed by atoms with Gasteiger partial charge in [-0.25, -0.2) is 14.4 Å². The molecule has 0 radical (unpaired) electrons. The molecule has 1 N–H and O–H groups in total. The molecule has 8 heteroatoms. The van der Waals surface area contributed by atoms with Gasteiger partial charge in [0.25, 0.3) is 0 Å². The second-order valence-corrected chi connectivity index (χ2v) is 10.2. The standard InChI is InChI=1S/C30H30N4O4/c35-28(36)27-26-16-15-25(34(26)29(37)31-18-17-21-9-7-8-10-22(21)19-31)20-32(27)30(38)33(23-11-3-1-4-12-23)24-13-5-2-6-14-24/h1-14,25-27H,15-20H2,(H,35,36)/t25-,26+,27-/m0/s1. The summed E-state index contributed by atoms with van der Waals surface area (Å²) in [4.78, 5) is 47.2. The first-order valence-electron chi connectivity index (χ1n) is 13.1. The number of hydrogen-bond donors (Lipinski definition) is 1. The molecular weight excluding hydrogens is 480 g/mol. The van der Waals surface area contributed by atoms with E-state index in [2.05, 4.69) is 6.07 Å². The Hall–Kier alpha value is -4.33. The van der Waals surface area contributed by atoms with Gasteiger partial charge in [0.2, 0.25) is 0 Å². The monoisotopic (exact) mass is 510 g/mol. The Morgan fingerprint density at radius 2 is 1.39 bits per heavy atom. The number of carboxylic acid groups (broad SMARTS) is 1. The van der Waals surface area contributed by atoms with Gasteiger partial charge in [-0.3, -0.25) is 4.90 Å². The normalized spacial score (nSPS) is 22.1. The summed E-state index contributed by atoms with van der Waals surface area (Å²) < 4.78 is 0. The first kappa shape index (κ1) is 24.0. The molecule has 0 aromatic heterocycles. The Morgan fingerprint density at radius 3 is 2.03 bits per heavy atom. The van der Waals surface area contributed by atoms with Crippen molar-refractivity contribution >= 4 is 29.4 Å². The van der Waals surface area contributed by atoms with Crippen LogP contribution in [0.4, 0.5) is 21.0 Å². The zero-order chi connectivity index (χ0) is 26.2. The van der Waals surface area contributed by atoms with Gasteiger partial charge < -0.3 is 19.8 Å². The number of carboxylic acids is 1. The van der Waals surface area contributed by atoms with Crippen LogP contribution in [0.2, 0.25) is 0 Å². The highest BCUT2D eigenvalue weighted by molar-refractivity contribution is 6.01. The third kappa shape index (κ3) is 4.16. The lowest BCUT2D eigenvalue weighted by molar-refractivity contribution is -0.145. The molecule has 2 fully saturated rings. The Balaban J connectivity index is 1.29. The molecule has 8 nitrogen and oxygen atoms in total. The summed E-state index contributed by atoms with van der Waals surface area (Å²) in [5.41, 5.74) is 3.70. The van der Waals surface area contributed by atoms with E-state index in [1.54, 1.807) is 9.80 Å². The van der Waals surface area contributed by atoms with Crippen LogP contribution in [0.15, 0.2) is 84.9 Å². The quantitative estimate of drug-likeness (QED) is 0.553. The van der Waals surface area contributed by atoms with Gasteiger partial charge in [0.1, 0.15) is 0 Å². The number of para-hydroxylation sites is 2.